The fraction of sp³-hybridized carbons (Fsp3) is 0. The van der Waals surface area contributed by atoms with Crippen LogP contribution >= 0.6 is 0 Å². The second kappa shape index (κ2) is 5.97. The third-order valence-electron chi connectivity index (χ3n) is 3.00. The Labute approximate surface area is 127 Å². The minimum atomic E-state index is -0.979. The Morgan fingerprint density at radius 2 is 1.30 bits per heavy atom. The molecule has 0 saturated carbocycles. The number of non-ortho nitro benzene ring substituents is 1. The van der Waals surface area contributed by atoms with Gasteiger partial charge in [0, 0.05) is 5.56 Å². The molecule has 0 bridgehead atoms. The van der Waals surface area contributed by atoms with Gasteiger partial charge in [-0.15, -0.1) is 0 Å². The lowest BCUT2D eigenvalue weighted by Gasteiger charge is -2.06. The maximum atomic E-state index is 11.2. The molecule has 0 aliphatic carbocycles. The lowest BCUT2D eigenvalue weighted by atomic mass is 9.98. The van der Waals surface area contributed by atoms with E-state index < -0.39 is 43.1 Å². The number of nitrogens with one attached hydrogen (secondary N) is 1. The van der Waals surface area contributed by atoms with Crippen LogP contribution < -0.4 is 0 Å². The normalized spacial score (nSPS) is 10.1. The van der Waals surface area contributed by atoms with Crippen molar-refractivity contribution in [1.29, 1.82) is 5.41 Å². The summed E-state index contributed by atoms with van der Waals surface area (Å²) >= 11 is 0. The molecule has 10 nitrogen and oxygen atoms in total. The zero-order valence-electron chi connectivity index (χ0n) is 11.3. The second-order valence-corrected chi connectivity index (χ2v) is 4.37. The molecule has 0 radical (unpaired) electrons. The van der Waals surface area contributed by atoms with Crippen molar-refractivity contribution in [2.45, 2.75) is 0 Å². The van der Waals surface area contributed by atoms with E-state index in [1.54, 1.807) is 18.2 Å². The van der Waals surface area contributed by atoms with Gasteiger partial charge in [0.2, 0.25) is 0 Å². The SMILES string of the molecule is N=C(c1ccccc1)c1c([N+](=O)[O-])cc([N+](=O)[O-])cc1[N+](=O)[O-]. The van der Waals surface area contributed by atoms with Gasteiger partial charge < -0.3 is 0 Å². The molecule has 0 amide bonds. The number of nitrogens with zero attached hydrogens (tertiary/aromatic N) is 3. The highest BCUT2D eigenvalue weighted by Crippen LogP contribution is 2.35. The fourth-order valence-corrected chi connectivity index (χ4v) is 2.00. The summed E-state index contributed by atoms with van der Waals surface area (Å²) < 4.78 is 0. The molecule has 23 heavy (non-hydrogen) atoms. The molecule has 0 atom stereocenters. The Morgan fingerprint density at radius 3 is 1.70 bits per heavy atom. The first-order chi connectivity index (χ1) is 10.8. The smallest absolute Gasteiger partial charge is 0.292 e. The molecular weight excluding hydrogens is 308 g/mol. The predicted octanol–water partition coefficient (Wildman–Crippen LogP) is 2.83. The molecule has 2 aromatic rings. The Morgan fingerprint density at radius 1 is 0.826 bits per heavy atom. The Hall–Kier alpha value is -3.69. The van der Waals surface area contributed by atoms with Gasteiger partial charge in [-0.3, -0.25) is 35.8 Å². The van der Waals surface area contributed by atoms with Gasteiger partial charge in [0.05, 0.1) is 32.6 Å². The van der Waals surface area contributed by atoms with E-state index in [9.17, 15) is 30.3 Å². The summed E-state index contributed by atoms with van der Waals surface area (Å²) in [6, 6.07) is 8.91. The van der Waals surface area contributed by atoms with Crippen molar-refractivity contribution >= 4 is 22.8 Å². The molecule has 0 aliphatic rings. The predicted molar refractivity (Wildman–Crippen MR) is 78.8 cm³/mol. The first-order valence-electron chi connectivity index (χ1n) is 6.08. The van der Waals surface area contributed by atoms with Crippen molar-refractivity contribution in [1.82, 2.24) is 0 Å². The van der Waals surface area contributed by atoms with Crippen molar-refractivity contribution in [3.8, 4) is 0 Å². The molecule has 0 aliphatic heterocycles. The van der Waals surface area contributed by atoms with Crippen molar-refractivity contribution in [3.63, 3.8) is 0 Å². The molecule has 10 heteroatoms. The molecule has 0 aromatic heterocycles. The largest absolute Gasteiger partial charge is 0.299 e. The van der Waals surface area contributed by atoms with Crippen LogP contribution in [0.3, 0.4) is 0 Å². The van der Waals surface area contributed by atoms with Gasteiger partial charge >= 0.3 is 0 Å². The maximum absolute atomic E-state index is 11.2. The van der Waals surface area contributed by atoms with Crippen molar-refractivity contribution in [2.75, 3.05) is 0 Å². The standard InChI is InChI=1S/C13H8N4O6/c14-13(8-4-2-1-3-5-8)12-10(16(20)21)6-9(15(18)19)7-11(12)17(22)23/h1-7,14H. The molecular formula is C13H8N4O6. The van der Waals surface area contributed by atoms with Gasteiger partial charge in [0.25, 0.3) is 17.1 Å². The fourth-order valence-electron chi connectivity index (χ4n) is 2.00. The van der Waals surface area contributed by atoms with Crippen molar-refractivity contribution in [2.24, 2.45) is 0 Å². The summed E-state index contributed by atoms with van der Waals surface area (Å²) in [5.74, 6) is 0. The first kappa shape index (κ1) is 15.7. The third kappa shape index (κ3) is 3.00. The van der Waals surface area contributed by atoms with Crippen LogP contribution in [-0.2, 0) is 0 Å². The van der Waals surface area contributed by atoms with Crippen molar-refractivity contribution in [3.05, 3.63) is 83.9 Å². The van der Waals surface area contributed by atoms with Crippen LogP contribution in [0, 0.1) is 35.8 Å². The number of rotatable bonds is 5. The topological polar surface area (TPSA) is 153 Å². The van der Waals surface area contributed by atoms with Gasteiger partial charge in [-0.2, -0.15) is 0 Å². The van der Waals surface area contributed by atoms with E-state index in [1.807, 2.05) is 0 Å². The van der Waals surface area contributed by atoms with Gasteiger partial charge in [-0.25, -0.2) is 0 Å². The second-order valence-electron chi connectivity index (χ2n) is 4.37. The summed E-state index contributed by atoms with van der Waals surface area (Å²) in [6.45, 7) is 0. The molecule has 0 spiro atoms. The first-order valence-corrected chi connectivity index (χ1v) is 6.08. The third-order valence-corrected chi connectivity index (χ3v) is 3.00. The number of hydrogen-bond donors (Lipinski definition) is 1. The van der Waals surface area contributed by atoms with Crippen molar-refractivity contribution < 1.29 is 14.8 Å². The number of nitro groups is 3. The lowest BCUT2D eigenvalue weighted by molar-refractivity contribution is -0.403. The molecule has 1 N–H and O–H groups in total. The van der Waals surface area contributed by atoms with Gasteiger partial charge in [-0.1, -0.05) is 30.3 Å². The van der Waals surface area contributed by atoms with E-state index in [0.717, 1.165) is 0 Å². The molecule has 2 aromatic carbocycles. The number of benzene rings is 2. The van der Waals surface area contributed by atoms with E-state index in [1.165, 1.54) is 12.1 Å². The summed E-state index contributed by atoms with van der Waals surface area (Å²) in [6.07, 6.45) is 0. The summed E-state index contributed by atoms with van der Waals surface area (Å²) in [5.41, 5.74) is -3.32. The van der Waals surface area contributed by atoms with Crippen LogP contribution in [0.5, 0.6) is 0 Å². The van der Waals surface area contributed by atoms with Crippen LogP contribution in [-0.4, -0.2) is 20.5 Å². The van der Waals surface area contributed by atoms with Gasteiger partial charge in [-0.05, 0) is 0 Å². The summed E-state index contributed by atoms with van der Waals surface area (Å²) in [7, 11) is 0. The average molecular weight is 316 g/mol. The van der Waals surface area contributed by atoms with E-state index in [0.29, 0.717) is 12.1 Å². The molecule has 0 unspecified atom stereocenters. The van der Waals surface area contributed by atoms with Crippen LogP contribution in [0.2, 0.25) is 0 Å². The van der Waals surface area contributed by atoms with Crippen LogP contribution in [0.25, 0.3) is 0 Å². The highest BCUT2D eigenvalue weighted by molar-refractivity contribution is 6.16. The minimum Gasteiger partial charge on any atom is -0.299 e. The van der Waals surface area contributed by atoms with Crippen LogP contribution in [0.1, 0.15) is 11.1 Å². The lowest BCUT2D eigenvalue weighted by Crippen LogP contribution is -2.10. The van der Waals surface area contributed by atoms with E-state index in [2.05, 4.69) is 0 Å². The zero-order chi connectivity index (χ0) is 17.1. The molecule has 0 saturated heterocycles. The molecule has 0 heterocycles. The quantitative estimate of drug-likeness (QED) is 0.508. The van der Waals surface area contributed by atoms with Crippen LogP contribution in [0.4, 0.5) is 17.1 Å². The highest BCUT2D eigenvalue weighted by Gasteiger charge is 2.33. The average Bonchev–Trinajstić information content (AvgIpc) is 2.53. The Balaban J connectivity index is 2.79. The number of nitro benzene ring substituents is 3. The van der Waals surface area contributed by atoms with Gasteiger partial charge in [0.15, 0.2) is 5.56 Å². The monoisotopic (exact) mass is 316 g/mol. The van der Waals surface area contributed by atoms with E-state index >= 15 is 0 Å². The summed E-state index contributed by atoms with van der Waals surface area (Å²) in [4.78, 5) is 30.2. The van der Waals surface area contributed by atoms with E-state index in [-0.39, 0.29) is 5.56 Å². The van der Waals surface area contributed by atoms with Gasteiger partial charge in [0.1, 0.15) is 0 Å². The zero-order valence-corrected chi connectivity index (χ0v) is 11.3. The molecule has 0 fully saturated rings. The van der Waals surface area contributed by atoms with Crippen LogP contribution in [0.15, 0.2) is 42.5 Å². The Kier molecular flexibility index (Phi) is 4.07. The highest BCUT2D eigenvalue weighted by atomic mass is 16.6. The minimum absolute atomic E-state index is 0.215. The van der Waals surface area contributed by atoms with E-state index in [4.69, 9.17) is 5.41 Å². The number of hydrogen-bond acceptors (Lipinski definition) is 7. The molecule has 2 rings (SSSR count). The Bertz CT molecular complexity index is 799. The maximum Gasteiger partial charge on any atom is 0.292 e. The molecule has 116 valence electrons. The summed E-state index contributed by atoms with van der Waals surface area (Å²) in [5, 5.41) is 41.2.